The Kier molecular flexibility index (Phi) is 5.22. The highest BCUT2D eigenvalue weighted by Gasteiger charge is 2.04. The van der Waals surface area contributed by atoms with Crippen molar-refractivity contribution in [2.75, 3.05) is 30.4 Å². The van der Waals surface area contributed by atoms with E-state index in [0.29, 0.717) is 0 Å². The molecule has 0 spiro atoms. The Bertz CT molecular complexity index is 587. The van der Waals surface area contributed by atoms with Crippen molar-refractivity contribution in [3.8, 4) is 0 Å². The van der Waals surface area contributed by atoms with Crippen molar-refractivity contribution >= 4 is 11.4 Å². The third-order valence-electron chi connectivity index (χ3n) is 3.51. The van der Waals surface area contributed by atoms with Crippen LogP contribution < -0.4 is 9.80 Å². The standard InChI is InChI=1S/C19H22N2/c1-4-17(21(3)19-13-9-6-10-14-19)15-16-20(2)18-11-7-5-8-12-18/h4-15H,1,16H2,2-3H3/b17-15+. The van der Waals surface area contributed by atoms with E-state index in [1.54, 1.807) is 0 Å². The molecule has 0 saturated heterocycles. The highest BCUT2D eigenvalue weighted by Crippen LogP contribution is 2.18. The lowest BCUT2D eigenvalue weighted by atomic mass is 10.2. The normalized spacial score (nSPS) is 11.0. The molecule has 21 heavy (non-hydrogen) atoms. The number of hydrogen-bond donors (Lipinski definition) is 0. The van der Waals surface area contributed by atoms with Crippen LogP contribution in [0.15, 0.2) is 85.1 Å². The van der Waals surface area contributed by atoms with Crippen LogP contribution >= 0.6 is 0 Å². The summed E-state index contributed by atoms with van der Waals surface area (Å²) in [6.45, 7) is 4.77. The summed E-state index contributed by atoms with van der Waals surface area (Å²) in [5, 5.41) is 0. The highest BCUT2D eigenvalue weighted by molar-refractivity contribution is 5.54. The van der Waals surface area contributed by atoms with Gasteiger partial charge in [-0.15, -0.1) is 0 Å². The fraction of sp³-hybridized carbons (Fsp3) is 0.158. The first kappa shape index (κ1) is 14.9. The van der Waals surface area contributed by atoms with E-state index in [4.69, 9.17) is 0 Å². The van der Waals surface area contributed by atoms with Gasteiger partial charge >= 0.3 is 0 Å². The average Bonchev–Trinajstić information content (AvgIpc) is 2.56. The summed E-state index contributed by atoms with van der Waals surface area (Å²) in [6.07, 6.45) is 4.08. The van der Waals surface area contributed by atoms with Crippen LogP contribution in [0.3, 0.4) is 0 Å². The molecule has 0 bridgehead atoms. The molecule has 0 fully saturated rings. The zero-order valence-corrected chi connectivity index (χ0v) is 12.7. The minimum atomic E-state index is 0.836. The fourth-order valence-corrected chi connectivity index (χ4v) is 2.18. The molecule has 2 aromatic rings. The Morgan fingerprint density at radius 2 is 1.43 bits per heavy atom. The van der Waals surface area contributed by atoms with Crippen molar-refractivity contribution in [1.82, 2.24) is 0 Å². The maximum Gasteiger partial charge on any atom is 0.0407 e. The molecule has 0 amide bonds. The minimum Gasteiger partial charge on any atom is -0.371 e. The van der Waals surface area contributed by atoms with E-state index in [9.17, 15) is 0 Å². The Morgan fingerprint density at radius 1 is 0.905 bits per heavy atom. The fourth-order valence-electron chi connectivity index (χ4n) is 2.18. The van der Waals surface area contributed by atoms with E-state index in [-0.39, 0.29) is 0 Å². The van der Waals surface area contributed by atoms with Gasteiger partial charge in [-0.25, -0.2) is 0 Å². The Morgan fingerprint density at radius 3 is 1.95 bits per heavy atom. The predicted octanol–water partition coefficient (Wildman–Crippen LogP) is 4.33. The smallest absolute Gasteiger partial charge is 0.0407 e. The van der Waals surface area contributed by atoms with E-state index in [0.717, 1.165) is 17.9 Å². The summed E-state index contributed by atoms with van der Waals surface area (Å²) in [5.41, 5.74) is 3.47. The van der Waals surface area contributed by atoms with Crippen LogP contribution in [0.2, 0.25) is 0 Å². The molecule has 0 aliphatic carbocycles. The second kappa shape index (κ2) is 7.34. The van der Waals surface area contributed by atoms with Gasteiger partial charge in [-0.1, -0.05) is 43.0 Å². The molecule has 0 radical (unpaired) electrons. The minimum absolute atomic E-state index is 0.836. The highest BCUT2D eigenvalue weighted by atomic mass is 15.1. The summed E-state index contributed by atoms with van der Waals surface area (Å²) in [7, 11) is 4.15. The predicted molar refractivity (Wildman–Crippen MR) is 92.8 cm³/mol. The van der Waals surface area contributed by atoms with Gasteiger partial charge in [0.05, 0.1) is 0 Å². The average molecular weight is 278 g/mol. The molecule has 0 N–H and O–H groups in total. The molecule has 0 unspecified atom stereocenters. The lowest BCUT2D eigenvalue weighted by Crippen LogP contribution is -2.20. The van der Waals surface area contributed by atoms with Crippen LogP contribution in [0.4, 0.5) is 11.4 Å². The van der Waals surface area contributed by atoms with Crippen molar-refractivity contribution in [3.05, 3.63) is 85.1 Å². The van der Waals surface area contributed by atoms with Gasteiger partial charge in [0.1, 0.15) is 0 Å². The van der Waals surface area contributed by atoms with Gasteiger partial charge in [-0.3, -0.25) is 0 Å². The number of benzene rings is 2. The topological polar surface area (TPSA) is 6.48 Å². The largest absolute Gasteiger partial charge is 0.371 e. The molecule has 0 saturated carbocycles. The lowest BCUT2D eigenvalue weighted by molar-refractivity contribution is 1.01. The third kappa shape index (κ3) is 3.99. The van der Waals surface area contributed by atoms with Crippen molar-refractivity contribution in [3.63, 3.8) is 0 Å². The van der Waals surface area contributed by atoms with Gasteiger partial charge in [0.15, 0.2) is 0 Å². The number of nitrogens with zero attached hydrogens (tertiary/aromatic N) is 2. The number of para-hydroxylation sites is 2. The number of allylic oxidation sites excluding steroid dienone is 1. The maximum atomic E-state index is 3.93. The van der Waals surface area contributed by atoms with Crippen LogP contribution in [0.25, 0.3) is 0 Å². The number of likely N-dealkylation sites (N-methyl/N-ethyl adjacent to an activating group) is 2. The van der Waals surface area contributed by atoms with Crippen LogP contribution in [-0.4, -0.2) is 20.6 Å². The Balaban J connectivity index is 2.09. The number of anilines is 2. The quantitative estimate of drug-likeness (QED) is 0.726. The van der Waals surface area contributed by atoms with E-state index in [2.05, 4.69) is 72.9 Å². The van der Waals surface area contributed by atoms with Crippen molar-refractivity contribution in [2.45, 2.75) is 0 Å². The van der Waals surface area contributed by atoms with Gasteiger partial charge in [-0.05, 0) is 36.4 Å². The molecule has 2 heteroatoms. The van der Waals surface area contributed by atoms with E-state index >= 15 is 0 Å². The molecular formula is C19H22N2. The molecule has 0 aliphatic rings. The summed E-state index contributed by atoms with van der Waals surface area (Å²) >= 11 is 0. The van der Waals surface area contributed by atoms with Crippen molar-refractivity contribution < 1.29 is 0 Å². The molecule has 108 valence electrons. The first-order chi connectivity index (χ1) is 10.2. The first-order valence-corrected chi connectivity index (χ1v) is 7.10. The summed E-state index contributed by atoms with van der Waals surface area (Å²) in [5.74, 6) is 0. The third-order valence-corrected chi connectivity index (χ3v) is 3.51. The van der Waals surface area contributed by atoms with Gasteiger partial charge in [0.2, 0.25) is 0 Å². The Labute approximate surface area is 127 Å². The van der Waals surface area contributed by atoms with Gasteiger partial charge < -0.3 is 9.80 Å². The van der Waals surface area contributed by atoms with E-state index < -0.39 is 0 Å². The molecule has 2 aromatic carbocycles. The first-order valence-electron chi connectivity index (χ1n) is 7.10. The summed E-state index contributed by atoms with van der Waals surface area (Å²) in [4.78, 5) is 4.36. The van der Waals surface area contributed by atoms with Crippen molar-refractivity contribution in [2.24, 2.45) is 0 Å². The SMILES string of the molecule is C=C/C(=C\CN(C)c1ccccc1)N(C)c1ccccc1. The molecule has 2 nitrogen and oxygen atoms in total. The van der Waals surface area contributed by atoms with Gasteiger partial charge in [0.25, 0.3) is 0 Å². The molecule has 0 atom stereocenters. The monoisotopic (exact) mass is 278 g/mol. The molecule has 0 aromatic heterocycles. The molecular weight excluding hydrogens is 256 g/mol. The second-order valence-corrected chi connectivity index (χ2v) is 4.94. The zero-order valence-electron chi connectivity index (χ0n) is 12.7. The zero-order chi connectivity index (χ0) is 15.1. The number of rotatable bonds is 6. The molecule has 0 aliphatic heterocycles. The van der Waals surface area contributed by atoms with E-state index in [1.165, 1.54) is 5.69 Å². The Hall–Kier alpha value is -2.48. The van der Waals surface area contributed by atoms with Crippen molar-refractivity contribution in [1.29, 1.82) is 0 Å². The lowest BCUT2D eigenvalue weighted by Gasteiger charge is -2.23. The summed E-state index contributed by atoms with van der Waals surface area (Å²) in [6, 6.07) is 20.7. The van der Waals surface area contributed by atoms with Crippen LogP contribution in [0, 0.1) is 0 Å². The van der Waals surface area contributed by atoms with Crippen LogP contribution in [-0.2, 0) is 0 Å². The molecule has 0 heterocycles. The molecule has 2 rings (SSSR count). The second-order valence-electron chi connectivity index (χ2n) is 4.94. The maximum absolute atomic E-state index is 3.93. The number of hydrogen-bond acceptors (Lipinski definition) is 2. The van der Waals surface area contributed by atoms with E-state index in [1.807, 2.05) is 30.3 Å². The van der Waals surface area contributed by atoms with Gasteiger partial charge in [-0.2, -0.15) is 0 Å². The summed E-state index contributed by atoms with van der Waals surface area (Å²) < 4.78 is 0. The van der Waals surface area contributed by atoms with Crippen LogP contribution in [0.1, 0.15) is 0 Å². The van der Waals surface area contributed by atoms with Crippen LogP contribution in [0.5, 0.6) is 0 Å². The van der Waals surface area contributed by atoms with Gasteiger partial charge in [0, 0.05) is 37.7 Å².